The first-order valence-electron chi connectivity index (χ1n) is 6.93. The van der Waals surface area contributed by atoms with Gasteiger partial charge in [-0.25, -0.2) is 0 Å². The number of hydrogen-bond acceptors (Lipinski definition) is 4. The monoisotopic (exact) mass is 372 g/mol. The third-order valence-corrected chi connectivity index (χ3v) is 4.19. The van der Waals surface area contributed by atoms with Gasteiger partial charge in [-0.3, -0.25) is 0 Å². The van der Waals surface area contributed by atoms with E-state index in [1.54, 1.807) is 0 Å². The summed E-state index contributed by atoms with van der Waals surface area (Å²) in [5, 5.41) is 37.1. The Morgan fingerprint density at radius 1 is 0.560 bits per heavy atom. The van der Waals surface area contributed by atoms with Gasteiger partial charge in [0.2, 0.25) is 11.6 Å². The van der Waals surface area contributed by atoms with Gasteiger partial charge in [-0.2, -0.15) is 26.3 Å². The molecule has 0 atom stereocenters. The van der Waals surface area contributed by atoms with Gasteiger partial charge in [0.05, 0.1) is 0 Å². The number of hydrogen-bond donors (Lipinski definition) is 4. The second-order valence-electron chi connectivity index (χ2n) is 5.92. The maximum Gasteiger partial charge on any atom is 0.404 e. The molecule has 0 aromatic heterocycles. The van der Waals surface area contributed by atoms with Crippen LogP contribution in [0.15, 0.2) is 48.6 Å². The first kappa shape index (κ1) is 19.7. The Hall–Kier alpha value is -1.62. The predicted octanol–water partition coefficient (Wildman–Crippen LogP) is 1.94. The first-order valence-corrected chi connectivity index (χ1v) is 6.93. The molecular weight excluding hydrogens is 358 g/mol. The fraction of sp³-hybridized carbons (Fsp3) is 0.467. The lowest BCUT2D eigenvalue weighted by molar-refractivity contribution is -0.359. The highest BCUT2D eigenvalue weighted by Crippen LogP contribution is 2.61. The molecule has 0 saturated heterocycles. The number of alkyl halides is 6. The molecule has 4 N–H and O–H groups in total. The Morgan fingerprint density at radius 2 is 0.800 bits per heavy atom. The lowest BCUT2D eigenvalue weighted by Crippen LogP contribution is -2.59. The Labute approximate surface area is 137 Å². The summed E-state index contributed by atoms with van der Waals surface area (Å²) < 4.78 is 82.3. The van der Waals surface area contributed by atoms with Gasteiger partial charge < -0.3 is 20.4 Å². The average Bonchev–Trinajstić information content (AvgIpc) is 2.39. The zero-order chi connectivity index (χ0) is 19.3. The highest BCUT2D eigenvalue weighted by Gasteiger charge is 2.75. The van der Waals surface area contributed by atoms with Crippen molar-refractivity contribution in [2.24, 2.45) is 17.3 Å². The molecule has 0 spiro atoms. The van der Waals surface area contributed by atoms with Gasteiger partial charge in [-0.05, 0) is 24.3 Å². The van der Waals surface area contributed by atoms with E-state index in [9.17, 15) is 46.8 Å². The van der Waals surface area contributed by atoms with E-state index < -0.39 is 41.2 Å². The van der Waals surface area contributed by atoms with E-state index in [1.807, 2.05) is 0 Å². The largest absolute Gasteiger partial charge is 0.404 e. The molecule has 4 nitrogen and oxygen atoms in total. The van der Waals surface area contributed by atoms with E-state index in [0.29, 0.717) is 48.6 Å². The Kier molecular flexibility index (Phi) is 4.49. The van der Waals surface area contributed by atoms with Crippen LogP contribution in [0.4, 0.5) is 26.3 Å². The Bertz CT molecular complexity index is 551. The molecule has 0 bridgehead atoms. The van der Waals surface area contributed by atoms with Crippen LogP contribution in [0.2, 0.25) is 0 Å². The van der Waals surface area contributed by atoms with E-state index in [0.717, 1.165) is 0 Å². The molecule has 0 heterocycles. The second kappa shape index (κ2) is 5.70. The molecule has 0 saturated carbocycles. The van der Waals surface area contributed by atoms with Crippen LogP contribution in [-0.4, -0.2) is 44.4 Å². The van der Waals surface area contributed by atoms with Crippen molar-refractivity contribution in [2.45, 2.75) is 23.9 Å². The minimum Gasteiger partial charge on any atom is -0.359 e. The molecule has 0 aliphatic heterocycles. The van der Waals surface area contributed by atoms with E-state index in [1.165, 1.54) is 0 Å². The van der Waals surface area contributed by atoms with E-state index >= 15 is 0 Å². The van der Waals surface area contributed by atoms with Gasteiger partial charge in [0, 0.05) is 11.8 Å². The topological polar surface area (TPSA) is 80.9 Å². The van der Waals surface area contributed by atoms with Crippen molar-refractivity contribution in [3.05, 3.63) is 48.6 Å². The first-order chi connectivity index (χ1) is 11.1. The van der Waals surface area contributed by atoms with Crippen molar-refractivity contribution in [3.8, 4) is 0 Å². The van der Waals surface area contributed by atoms with Gasteiger partial charge in [-0.15, -0.1) is 0 Å². The van der Waals surface area contributed by atoms with Crippen molar-refractivity contribution in [2.75, 3.05) is 0 Å². The lowest BCUT2D eigenvalue weighted by atomic mass is 9.62. The van der Waals surface area contributed by atoms with Crippen molar-refractivity contribution in [1.82, 2.24) is 0 Å². The minimum atomic E-state index is -5.79. The van der Waals surface area contributed by atoms with Crippen LogP contribution in [0.25, 0.3) is 0 Å². The summed E-state index contributed by atoms with van der Waals surface area (Å²) in [4.78, 5) is 0. The molecule has 25 heavy (non-hydrogen) atoms. The molecule has 0 unspecified atom stereocenters. The molecule has 0 aromatic rings. The molecule has 10 heteroatoms. The minimum absolute atomic E-state index is 0.419. The predicted molar refractivity (Wildman–Crippen MR) is 72.4 cm³/mol. The molecule has 0 fully saturated rings. The summed E-state index contributed by atoms with van der Waals surface area (Å²) in [6, 6.07) is 0. The number of halogens is 6. The molecular formula is C15H14F6O4. The van der Waals surface area contributed by atoms with Crippen molar-refractivity contribution >= 4 is 0 Å². The van der Waals surface area contributed by atoms with Crippen molar-refractivity contribution in [1.29, 1.82) is 0 Å². The third kappa shape index (κ3) is 3.39. The Balaban J connectivity index is 2.65. The third-order valence-electron chi connectivity index (χ3n) is 4.19. The van der Waals surface area contributed by atoms with Crippen LogP contribution >= 0.6 is 0 Å². The van der Waals surface area contributed by atoms with Gasteiger partial charge in [0.15, 0.2) is 5.41 Å². The van der Waals surface area contributed by atoms with Gasteiger partial charge in [0.25, 0.3) is 0 Å². The van der Waals surface area contributed by atoms with Crippen LogP contribution in [-0.2, 0) is 0 Å². The highest BCUT2D eigenvalue weighted by molar-refractivity contribution is 5.30. The SMILES string of the molecule is OC1(O)C=CC(C(C2C=CC(O)(O)C=C2)(C(F)(F)F)C(F)(F)F)C=C1. The summed E-state index contributed by atoms with van der Waals surface area (Å²) in [5.41, 5.74) is -4.34. The van der Waals surface area contributed by atoms with Crippen LogP contribution < -0.4 is 0 Å². The standard InChI is InChI=1S/C15H14F6O4/c16-14(17,18)13(15(19,20)21,9-1-5-11(22,23)6-2-9)10-3-7-12(24,25)8-4-10/h1-10,22-25H. The van der Waals surface area contributed by atoms with E-state index in [2.05, 4.69) is 0 Å². The molecule has 0 amide bonds. The van der Waals surface area contributed by atoms with Crippen LogP contribution in [0.3, 0.4) is 0 Å². The summed E-state index contributed by atoms with van der Waals surface area (Å²) in [6.07, 6.45) is -8.23. The van der Waals surface area contributed by atoms with Gasteiger partial charge in [0.1, 0.15) is 0 Å². The maximum atomic E-state index is 13.7. The van der Waals surface area contributed by atoms with Crippen molar-refractivity contribution < 1.29 is 46.8 Å². The number of allylic oxidation sites excluding steroid dienone is 4. The summed E-state index contributed by atoms with van der Waals surface area (Å²) in [7, 11) is 0. The van der Waals surface area contributed by atoms with Gasteiger partial charge >= 0.3 is 12.4 Å². The fourth-order valence-electron chi connectivity index (χ4n) is 2.97. The van der Waals surface area contributed by atoms with Crippen LogP contribution in [0.1, 0.15) is 0 Å². The normalized spacial score (nSPS) is 24.1. The van der Waals surface area contributed by atoms with Gasteiger partial charge in [-0.1, -0.05) is 24.3 Å². The fourth-order valence-corrected chi connectivity index (χ4v) is 2.97. The quantitative estimate of drug-likeness (QED) is 0.339. The van der Waals surface area contributed by atoms with E-state index in [4.69, 9.17) is 0 Å². The summed E-state index contributed by atoms with van der Waals surface area (Å²) in [5.74, 6) is -9.90. The molecule has 140 valence electrons. The molecule has 2 aliphatic carbocycles. The highest BCUT2D eigenvalue weighted by atomic mass is 19.4. The zero-order valence-electron chi connectivity index (χ0n) is 12.3. The molecule has 0 radical (unpaired) electrons. The lowest BCUT2D eigenvalue weighted by Gasteiger charge is -2.46. The van der Waals surface area contributed by atoms with Crippen molar-refractivity contribution in [3.63, 3.8) is 0 Å². The second-order valence-corrected chi connectivity index (χ2v) is 5.92. The molecule has 0 aromatic carbocycles. The van der Waals surface area contributed by atoms with E-state index in [-0.39, 0.29) is 0 Å². The molecule has 2 aliphatic rings. The molecule has 2 rings (SSSR count). The van der Waals surface area contributed by atoms with Crippen LogP contribution in [0, 0.1) is 17.3 Å². The number of rotatable bonds is 2. The smallest absolute Gasteiger partial charge is 0.359 e. The Morgan fingerprint density at radius 3 is 1.00 bits per heavy atom. The summed E-state index contributed by atoms with van der Waals surface area (Å²) in [6.45, 7) is 0. The summed E-state index contributed by atoms with van der Waals surface area (Å²) >= 11 is 0. The maximum absolute atomic E-state index is 13.7. The average molecular weight is 372 g/mol. The zero-order valence-corrected chi connectivity index (χ0v) is 12.3. The van der Waals surface area contributed by atoms with Crippen LogP contribution in [0.5, 0.6) is 0 Å². The number of aliphatic hydroxyl groups is 4.